The monoisotopic (exact) mass is 300 g/mol. The summed E-state index contributed by atoms with van der Waals surface area (Å²) >= 11 is 0. The minimum Gasteiger partial charge on any atom is -0.373 e. The zero-order valence-corrected chi connectivity index (χ0v) is 13.2. The third-order valence-electron chi connectivity index (χ3n) is 5.16. The number of fused-ring (bicyclic) bond motifs is 1. The highest BCUT2D eigenvalue weighted by Crippen LogP contribution is 2.33. The Bertz CT molecular complexity index is 570. The first-order valence-electron chi connectivity index (χ1n) is 8.42. The second-order valence-electron chi connectivity index (χ2n) is 6.99. The summed E-state index contributed by atoms with van der Waals surface area (Å²) in [6.07, 6.45) is 2.95. The van der Waals surface area contributed by atoms with Gasteiger partial charge in [0.15, 0.2) is 0 Å². The van der Waals surface area contributed by atoms with E-state index in [0.29, 0.717) is 6.04 Å². The summed E-state index contributed by atoms with van der Waals surface area (Å²) in [5.41, 5.74) is 1.93. The van der Waals surface area contributed by atoms with Gasteiger partial charge in [0, 0.05) is 31.7 Å². The van der Waals surface area contributed by atoms with E-state index in [2.05, 4.69) is 4.90 Å². The first-order chi connectivity index (χ1) is 10.7. The molecule has 0 radical (unpaired) electrons. The van der Waals surface area contributed by atoms with Gasteiger partial charge in [-0.15, -0.1) is 0 Å². The molecule has 1 aromatic carbocycles. The van der Waals surface area contributed by atoms with Crippen LogP contribution < -0.4 is 0 Å². The molecule has 1 aliphatic carbocycles. The summed E-state index contributed by atoms with van der Waals surface area (Å²) in [5.74, 6) is 1.04. The number of ether oxygens (including phenoxy) is 1. The zero-order chi connectivity index (χ0) is 15.1. The summed E-state index contributed by atoms with van der Waals surface area (Å²) in [6, 6.07) is 8.28. The molecule has 0 unspecified atom stereocenters. The average molecular weight is 300 g/mol. The van der Waals surface area contributed by atoms with E-state index >= 15 is 0 Å². The second-order valence-corrected chi connectivity index (χ2v) is 6.99. The number of benzene rings is 1. The van der Waals surface area contributed by atoms with Gasteiger partial charge in [-0.2, -0.15) is 0 Å². The van der Waals surface area contributed by atoms with Gasteiger partial charge in [0.1, 0.15) is 0 Å². The molecule has 0 bridgehead atoms. The third kappa shape index (κ3) is 2.77. The fourth-order valence-electron chi connectivity index (χ4n) is 3.74. The fraction of sp³-hybridized carbons (Fsp3) is 0.611. The van der Waals surface area contributed by atoms with Crippen molar-refractivity contribution in [2.45, 2.75) is 31.9 Å². The van der Waals surface area contributed by atoms with Crippen molar-refractivity contribution in [2.75, 3.05) is 32.8 Å². The number of likely N-dealkylation sites (tertiary alicyclic amines) is 1. The molecule has 2 atom stereocenters. The molecular weight excluding hydrogens is 276 g/mol. The van der Waals surface area contributed by atoms with Gasteiger partial charge >= 0.3 is 0 Å². The van der Waals surface area contributed by atoms with Crippen LogP contribution in [0.5, 0.6) is 0 Å². The largest absolute Gasteiger partial charge is 0.373 e. The van der Waals surface area contributed by atoms with Crippen LogP contribution in [-0.4, -0.2) is 60.6 Å². The Morgan fingerprint density at radius 3 is 2.95 bits per heavy atom. The van der Waals surface area contributed by atoms with Crippen molar-refractivity contribution in [3.8, 4) is 0 Å². The molecule has 4 nitrogen and oxygen atoms in total. The number of nitrogens with zero attached hydrogens (tertiary/aromatic N) is 2. The molecule has 2 saturated heterocycles. The maximum atomic E-state index is 12.7. The van der Waals surface area contributed by atoms with Gasteiger partial charge in [0.25, 0.3) is 5.91 Å². The van der Waals surface area contributed by atoms with E-state index in [-0.39, 0.29) is 12.0 Å². The zero-order valence-electron chi connectivity index (χ0n) is 13.2. The summed E-state index contributed by atoms with van der Waals surface area (Å²) in [4.78, 5) is 17.3. The molecule has 22 heavy (non-hydrogen) atoms. The lowest BCUT2D eigenvalue weighted by Gasteiger charge is -2.36. The van der Waals surface area contributed by atoms with E-state index < -0.39 is 0 Å². The summed E-state index contributed by atoms with van der Waals surface area (Å²) in [7, 11) is 0. The molecule has 0 N–H and O–H groups in total. The van der Waals surface area contributed by atoms with Crippen molar-refractivity contribution in [2.24, 2.45) is 5.92 Å². The van der Waals surface area contributed by atoms with Gasteiger partial charge in [-0.1, -0.05) is 17.7 Å². The molecule has 1 amide bonds. The van der Waals surface area contributed by atoms with Crippen LogP contribution in [0.25, 0.3) is 0 Å². The first kappa shape index (κ1) is 14.2. The van der Waals surface area contributed by atoms with Crippen LogP contribution in [0.4, 0.5) is 0 Å². The Balaban J connectivity index is 1.47. The van der Waals surface area contributed by atoms with Crippen LogP contribution in [0.3, 0.4) is 0 Å². The maximum absolute atomic E-state index is 12.7. The number of hydrogen-bond acceptors (Lipinski definition) is 3. The fourth-order valence-corrected chi connectivity index (χ4v) is 3.74. The number of morpholine rings is 1. The molecule has 2 heterocycles. The Labute approximate surface area is 132 Å². The molecule has 1 aromatic rings. The Morgan fingerprint density at radius 2 is 2.18 bits per heavy atom. The Hall–Kier alpha value is -1.39. The third-order valence-corrected chi connectivity index (χ3v) is 5.16. The smallest absolute Gasteiger partial charge is 0.254 e. The standard InChI is InChI=1S/C18H24N2O2/c1-13-3-2-4-15(9-13)18(21)20-11-16-17(12-20)22-8-7-19(16)10-14-5-6-14/h2-4,9,14,16-17H,5-8,10-12H2,1H3/t16-,17+/m1/s1. The summed E-state index contributed by atoms with van der Waals surface area (Å²) in [5, 5.41) is 0. The van der Waals surface area contributed by atoms with Gasteiger partial charge in [0.2, 0.25) is 0 Å². The number of carbonyl (C=O) groups excluding carboxylic acids is 1. The molecule has 3 aliphatic rings. The molecule has 1 saturated carbocycles. The SMILES string of the molecule is Cc1cccc(C(=O)N2C[C@@H]3OCCN(CC4CC4)[C@@H]3C2)c1. The van der Waals surface area contributed by atoms with E-state index in [1.807, 2.05) is 36.1 Å². The lowest BCUT2D eigenvalue weighted by Crippen LogP contribution is -2.51. The molecular formula is C18H24N2O2. The molecule has 3 fully saturated rings. The van der Waals surface area contributed by atoms with Crippen molar-refractivity contribution >= 4 is 5.91 Å². The van der Waals surface area contributed by atoms with Gasteiger partial charge in [-0.05, 0) is 37.8 Å². The van der Waals surface area contributed by atoms with Gasteiger partial charge < -0.3 is 9.64 Å². The van der Waals surface area contributed by atoms with Crippen LogP contribution in [0.15, 0.2) is 24.3 Å². The van der Waals surface area contributed by atoms with Crippen LogP contribution in [0.1, 0.15) is 28.8 Å². The van der Waals surface area contributed by atoms with Crippen molar-refractivity contribution in [1.29, 1.82) is 0 Å². The van der Waals surface area contributed by atoms with Gasteiger partial charge in [0.05, 0.1) is 18.8 Å². The van der Waals surface area contributed by atoms with Crippen molar-refractivity contribution in [1.82, 2.24) is 9.80 Å². The lowest BCUT2D eigenvalue weighted by atomic mass is 10.1. The predicted octanol–water partition coefficient (Wildman–Crippen LogP) is 1.93. The number of amides is 1. The first-order valence-corrected chi connectivity index (χ1v) is 8.42. The highest BCUT2D eigenvalue weighted by atomic mass is 16.5. The topological polar surface area (TPSA) is 32.8 Å². The summed E-state index contributed by atoms with van der Waals surface area (Å²) in [6.45, 7) is 6.59. The molecule has 118 valence electrons. The summed E-state index contributed by atoms with van der Waals surface area (Å²) < 4.78 is 5.94. The van der Waals surface area contributed by atoms with E-state index in [1.54, 1.807) is 0 Å². The highest BCUT2D eigenvalue weighted by molar-refractivity contribution is 5.94. The maximum Gasteiger partial charge on any atom is 0.254 e. The molecule has 4 heteroatoms. The van der Waals surface area contributed by atoms with Gasteiger partial charge in [-0.3, -0.25) is 9.69 Å². The average Bonchev–Trinajstić information content (AvgIpc) is 3.22. The molecule has 0 aromatic heterocycles. The molecule has 2 aliphatic heterocycles. The highest BCUT2D eigenvalue weighted by Gasteiger charge is 2.43. The number of carbonyl (C=O) groups is 1. The Morgan fingerprint density at radius 1 is 1.32 bits per heavy atom. The van der Waals surface area contributed by atoms with E-state index in [9.17, 15) is 4.79 Å². The van der Waals surface area contributed by atoms with Gasteiger partial charge in [-0.25, -0.2) is 0 Å². The van der Waals surface area contributed by atoms with Crippen molar-refractivity contribution in [3.05, 3.63) is 35.4 Å². The number of hydrogen-bond donors (Lipinski definition) is 0. The normalized spacial score (nSPS) is 28.7. The number of aryl methyl sites for hydroxylation is 1. The van der Waals surface area contributed by atoms with E-state index in [0.717, 1.165) is 43.3 Å². The lowest BCUT2D eigenvalue weighted by molar-refractivity contribution is -0.0484. The minimum atomic E-state index is 0.146. The minimum absolute atomic E-state index is 0.146. The van der Waals surface area contributed by atoms with Crippen LogP contribution in [-0.2, 0) is 4.74 Å². The van der Waals surface area contributed by atoms with Crippen molar-refractivity contribution < 1.29 is 9.53 Å². The van der Waals surface area contributed by atoms with Crippen molar-refractivity contribution in [3.63, 3.8) is 0 Å². The van der Waals surface area contributed by atoms with E-state index in [1.165, 1.54) is 19.4 Å². The molecule has 4 rings (SSSR count). The van der Waals surface area contributed by atoms with Crippen LogP contribution in [0, 0.1) is 12.8 Å². The predicted molar refractivity (Wildman–Crippen MR) is 84.9 cm³/mol. The van der Waals surface area contributed by atoms with E-state index in [4.69, 9.17) is 4.74 Å². The number of rotatable bonds is 3. The molecule has 0 spiro atoms. The van der Waals surface area contributed by atoms with Crippen LogP contribution in [0.2, 0.25) is 0 Å². The Kier molecular flexibility index (Phi) is 3.66. The quantitative estimate of drug-likeness (QED) is 0.855. The van der Waals surface area contributed by atoms with Crippen LogP contribution >= 0.6 is 0 Å². The second kappa shape index (κ2) is 5.67.